The van der Waals surface area contributed by atoms with Gasteiger partial charge in [-0.25, -0.2) is 19.9 Å². The fourth-order valence-electron chi connectivity index (χ4n) is 6.34. The molecule has 0 saturated carbocycles. The molecule has 6 nitrogen and oxygen atoms in total. The van der Waals surface area contributed by atoms with Crippen LogP contribution >= 0.6 is 0 Å². The van der Waals surface area contributed by atoms with E-state index >= 15 is 0 Å². The number of hydrogen-bond donors (Lipinski definition) is 0. The summed E-state index contributed by atoms with van der Waals surface area (Å²) in [7, 11) is 0. The average Bonchev–Trinajstić information content (AvgIpc) is 3.33. The molecule has 0 atom stereocenters. The van der Waals surface area contributed by atoms with Crippen molar-refractivity contribution in [2.45, 2.75) is 0 Å². The fraction of sp³-hybridized carbons (Fsp3) is 0. The molecule has 0 aliphatic heterocycles. The van der Waals surface area contributed by atoms with E-state index in [2.05, 4.69) is 171 Å². The molecule has 0 aliphatic carbocycles. The first-order valence-electron chi connectivity index (χ1n) is 19.7. The summed E-state index contributed by atoms with van der Waals surface area (Å²) >= 11 is 0. The largest absolute Gasteiger partial charge is 0.275 e. The molecule has 0 saturated heterocycles. The van der Waals surface area contributed by atoms with Crippen LogP contribution in [0.4, 0.5) is 0 Å². The van der Waals surface area contributed by atoms with Gasteiger partial charge in [0.2, 0.25) is 5.69 Å². The molecule has 3 N–H and O–H groups in total. The van der Waals surface area contributed by atoms with Crippen LogP contribution in [0.25, 0.3) is 94.9 Å². The lowest BCUT2D eigenvalue weighted by molar-refractivity contribution is -0.402. The second-order valence-corrected chi connectivity index (χ2v) is 14.1. The Hall–Kier alpha value is -8.22. The number of pyridine rings is 6. The molecule has 0 aliphatic rings. The Labute approximate surface area is 350 Å². The second-order valence-electron chi connectivity index (χ2n) is 14.1. The summed E-state index contributed by atoms with van der Waals surface area (Å²) in [4.78, 5) is 23.9. The van der Waals surface area contributed by atoms with Crippen LogP contribution in [0, 0.1) is 0 Å². The van der Waals surface area contributed by atoms with Crippen LogP contribution in [-0.2, 0) is 0 Å². The lowest BCUT2D eigenvalue weighted by Crippen LogP contribution is -2.14. The number of H-pyrrole nitrogens is 3. The minimum absolute atomic E-state index is 0.832. The molecule has 8 rings (SSSR count). The Balaban J connectivity index is 0.804. The first-order chi connectivity index (χ1) is 29.6. The summed E-state index contributed by atoms with van der Waals surface area (Å²) in [5, 5.41) is 0. The monoisotopic (exact) mass is 775 g/mol. The molecule has 8 aromatic rings. The number of aromatic nitrogens is 6. The molecule has 0 unspecified atom stereocenters. The molecule has 0 spiro atoms. The smallest absolute Gasteiger partial charge is 0.254 e. The summed E-state index contributed by atoms with van der Waals surface area (Å²) in [5.41, 5.74) is 16.3. The third-order valence-corrected chi connectivity index (χ3v) is 9.92. The van der Waals surface area contributed by atoms with Crippen LogP contribution in [-0.4, -0.2) is 15.0 Å². The lowest BCUT2D eigenvalue weighted by atomic mass is 10.1. The van der Waals surface area contributed by atoms with E-state index in [-0.39, 0.29) is 0 Å². The van der Waals surface area contributed by atoms with Crippen LogP contribution in [0.5, 0.6) is 0 Å². The van der Waals surface area contributed by atoms with E-state index in [0.29, 0.717) is 0 Å². The van der Waals surface area contributed by atoms with E-state index in [9.17, 15) is 0 Å². The molecular weight excluding hydrogens is 733 g/mol. The molecule has 60 heavy (non-hydrogen) atoms. The van der Waals surface area contributed by atoms with Gasteiger partial charge in [0.25, 0.3) is 11.4 Å². The van der Waals surface area contributed by atoms with Crippen LogP contribution in [0.15, 0.2) is 172 Å². The molecule has 0 fully saturated rings. The third-order valence-electron chi connectivity index (χ3n) is 9.92. The second kappa shape index (κ2) is 18.8. The van der Waals surface area contributed by atoms with Gasteiger partial charge in [-0.05, 0) is 81.4 Å². The van der Waals surface area contributed by atoms with Gasteiger partial charge < -0.3 is 0 Å². The van der Waals surface area contributed by atoms with Gasteiger partial charge in [-0.1, -0.05) is 135 Å². The van der Waals surface area contributed by atoms with Crippen LogP contribution in [0.1, 0.15) is 55.6 Å². The van der Waals surface area contributed by atoms with E-state index in [1.165, 1.54) is 0 Å². The minimum Gasteiger partial charge on any atom is -0.254 e. The molecule has 6 aromatic heterocycles. The van der Waals surface area contributed by atoms with E-state index in [1.807, 2.05) is 91.8 Å². The number of hydrogen-bond acceptors (Lipinski definition) is 3. The molecule has 6 heteroatoms. The number of nitrogens with zero attached hydrogens (tertiary/aromatic N) is 3. The van der Waals surface area contributed by atoms with Crippen molar-refractivity contribution in [1.82, 2.24) is 15.0 Å². The Morgan fingerprint density at radius 2 is 0.567 bits per heavy atom. The van der Waals surface area contributed by atoms with Crippen LogP contribution in [0.3, 0.4) is 0 Å². The summed E-state index contributed by atoms with van der Waals surface area (Å²) in [6.07, 6.45) is 31.9. The Morgan fingerprint density at radius 1 is 0.283 bits per heavy atom. The zero-order chi connectivity index (χ0) is 40.9. The maximum atomic E-state index is 4.68. The topological polar surface area (TPSA) is 81.1 Å². The average molecular weight is 776 g/mol. The Kier molecular flexibility index (Phi) is 12.1. The van der Waals surface area contributed by atoms with Crippen molar-refractivity contribution < 1.29 is 15.0 Å². The number of aromatic amines is 3. The predicted molar refractivity (Wildman–Crippen MR) is 247 cm³/mol. The third kappa shape index (κ3) is 10.2. The van der Waals surface area contributed by atoms with Gasteiger partial charge in [0.15, 0.2) is 18.6 Å². The maximum Gasteiger partial charge on any atom is 0.275 e. The molecule has 286 valence electrons. The van der Waals surface area contributed by atoms with Gasteiger partial charge >= 0.3 is 0 Å². The molecule has 0 amide bonds. The number of nitrogens with one attached hydrogen (secondary N) is 3. The van der Waals surface area contributed by atoms with Crippen molar-refractivity contribution in [3.8, 4) is 34.2 Å². The highest BCUT2D eigenvalue weighted by atomic mass is 14.8. The van der Waals surface area contributed by atoms with E-state index < -0.39 is 0 Å². The normalized spacial score (nSPS) is 11.5. The number of benzene rings is 2. The zero-order valence-electron chi connectivity index (χ0n) is 33.0. The maximum absolute atomic E-state index is 4.68. The summed E-state index contributed by atoms with van der Waals surface area (Å²) in [6, 6.07) is 41.5. The Bertz CT molecular complexity index is 2600. The van der Waals surface area contributed by atoms with Gasteiger partial charge in [0.1, 0.15) is 5.69 Å². The van der Waals surface area contributed by atoms with Crippen LogP contribution < -0.4 is 15.0 Å². The first-order valence-corrected chi connectivity index (χ1v) is 19.7. The molecule has 2 aromatic carbocycles. The van der Waals surface area contributed by atoms with Crippen LogP contribution in [0.2, 0.25) is 0 Å². The SMILES string of the molecule is C=Cc1ccc(-c2ccc(/C=C/c3ccc(/C=C/c4ccc(-c5ccc(/C=C/c6ccc(/C=C/c7ccc(-c8ccc(C=C)c[nH+]8)[nH+]c7)cc6)cn5)nc4)cc3)cn2)[nH+]c1. The van der Waals surface area contributed by atoms with E-state index in [0.717, 1.165) is 89.8 Å². The van der Waals surface area contributed by atoms with Crippen molar-refractivity contribution in [2.75, 3.05) is 0 Å². The van der Waals surface area contributed by atoms with Gasteiger partial charge in [-0.3, -0.25) is 9.97 Å². The van der Waals surface area contributed by atoms with Gasteiger partial charge in [-0.2, -0.15) is 0 Å². The zero-order valence-corrected chi connectivity index (χ0v) is 33.0. The minimum atomic E-state index is 0.832. The fourth-order valence-corrected chi connectivity index (χ4v) is 6.34. The molecule has 6 heterocycles. The highest BCUT2D eigenvalue weighted by Gasteiger charge is 2.12. The molecule has 0 radical (unpaired) electrons. The van der Waals surface area contributed by atoms with E-state index in [1.54, 1.807) is 0 Å². The first kappa shape index (κ1) is 38.6. The van der Waals surface area contributed by atoms with Gasteiger partial charge in [0, 0.05) is 53.5 Å². The summed E-state index contributed by atoms with van der Waals surface area (Å²) < 4.78 is 0. The highest BCUT2D eigenvalue weighted by molar-refractivity contribution is 5.75. The van der Waals surface area contributed by atoms with E-state index in [4.69, 9.17) is 0 Å². The Morgan fingerprint density at radius 3 is 0.883 bits per heavy atom. The van der Waals surface area contributed by atoms with Crippen molar-refractivity contribution in [3.63, 3.8) is 0 Å². The standard InChI is InChI=1S/C54H40N6/c1-3-39-21-27-49(55-33-39)51-29-23-45(35-57-51)17-13-41-5-9-43(10-6-41)15-19-47-25-31-53(59-37-47)54-32-26-48(38-60-54)20-16-44-11-7-42(8-12-44)14-18-46-24-30-52(58-36-46)50-28-22-40(4-2)34-56-50/h3-38H,1-2H2/p+3/b17-13+,18-14+,19-15+,20-16+. The highest BCUT2D eigenvalue weighted by Crippen LogP contribution is 2.20. The molecule has 0 bridgehead atoms. The summed E-state index contributed by atoms with van der Waals surface area (Å²) in [5.74, 6) is 0. The van der Waals surface area contributed by atoms with Gasteiger partial charge in [-0.15, -0.1) is 0 Å². The lowest BCUT2D eigenvalue weighted by Gasteiger charge is -2.02. The quantitative estimate of drug-likeness (QED) is 0.117. The van der Waals surface area contributed by atoms with Crippen molar-refractivity contribution in [3.05, 3.63) is 227 Å². The molecular formula is C54H43N6+3. The number of rotatable bonds is 13. The summed E-state index contributed by atoms with van der Waals surface area (Å²) in [6.45, 7) is 7.60. The predicted octanol–water partition coefficient (Wildman–Crippen LogP) is 11.3. The van der Waals surface area contributed by atoms with Crippen molar-refractivity contribution in [2.24, 2.45) is 0 Å². The van der Waals surface area contributed by atoms with Crippen molar-refractivity contribution in [1.29, 1.82) is 0 Å². The van der Waals surface area contributed by atoms with Gasteiger partial charge in [0.05, 0.1) is 11.4 Å². The van der Waals surface area contributed by atoms with Crippen molar-refractivity contribution >= 4 is 60.8 Å².